The molecule has 0 aliphatic carbocycles. The molecule has 4 aromatic rings. The van der Waals surface area contributed by atoms with Crippen molar-refractivity contribution in [2.24, 2.45) is 0 Å². The Balaban J connectivity index is 0.000000185. The number of halogens is 2. The van der Waals surface area contributed by atoms with Gasteiger partial charge in [-0.15, -0.1) is 0 Å². The van der Waals surface area contributed by atoms with Crippen molar-refractivity contribution in [3.63, 3.8) is 0 Å². The molecule has 12 heteroatoms. The summed E-state index contributed by atoms with van der Waals surface area (Å²) >= 11 is 5.98. The molecule has 4 heterocycles. The van der Waals surface area contributed by atoms with Crippen LogP contribution in [0, 0.1) is 12.7 Å². The summed E-state index contributed by atoms with van der Waals surface area (Å²) in [4.78, 5) is 60.0. The minimum absolute atomic E-state index is 0.0353. The Hall–Kier alpha value is -5.16. The van der Waals surface area contributed by atoms with Gasteiger partial charge < -0.3 is 20.4 Å². The number of amides is 4. The van der Waals surface area contributed by atoms with Crippen LogP contribution >= 0.6 is 11.6 Å². The van der Waals surface area contributed by atoms with Crippen LogP contribution < -0.4 is 20.4 Å². The first kappa shape index (κ1) is 33.2. The number of rotatable bonds is 4. The van der Waals surface area contributed by atoms with Crippen molar-refractivity contribution in [1.82, 2.24) is 9.97 Å². The number of hydrogen-bond donors (Lipinski definition) is 2. The van der Waals surface area contributed by atoms with E-state index in [1.165, 1.54) is 36.6 Å². The summed E-state index contributed by atoms with van der Waals surface area (Å²) in [5.41, 5.74) is 3.35. The molecule has 0 bridgehead atoms. The van der Waals surface area contributed by atoms with Crippen molar-refractivity contribution in [2.75, 3.05) is 34.5 Å². The lowest BCUT2D eigenvalue weighted by Gasteiger charge is -2.16. The van der Waals surface area contributed by atoms with E-state index >= 15 is 0 Å². The normalized spacial score (nSPS) is 15.4. The fraction of sp³-hybridized carbons (Fsp3) is 0.257. The van der Waals surface area contributed by atoms with Crippen LogP contribution in [0.2, 0.25) is 5.02 Å². The van der Waals surface area contributed by atoms with Crippen LogP contribution in [0.5, 0.6) is 0 Å². The number of likely N-dealkylation sites (N-methyl/N-ethyl adjacent to an activating group) is 2. The van der Waals surface area contributed by atoms with Crippen molar-refractivity contribution < 1.29 is 23.6 Å². The fourth-order valence-electron chi connectivity index (χ4n) is 5.83. The van der Waals surface area contributed by atoms with E-state index in [0.29, 0.717) is 33.1 Å². The predicted molar refractivity (Wildman–Crippen MR) is 180 cm³/mol. The molecule has 0 saturated carbocycles. The number of benzene rings is 2. The molecule has 0 unspecified atom stereocenters. The monoisotopic (exact) mass is 656 g/mol. The Morgan fingerprint density at radius 1 is 0.830 bits per heavy atom. The van der Waals surface area contributed by atoms with Gasteiger partial charge in [0.25, 0.3) is 11.8 Å². The van der Waals surface area contributed by atoms with Gasteiger partial charge in [-0.25, -0.2) is 4.39 Å². The molecule has 0 saturated heterocycles. The molecule has 2 aromatic heterocycles. The van der Waals surface area contributed by atoms with Gasteiger partial charge >= 0.3 is 0 Å². The molecule has 0 atom stereocenters. The fourth-order valence-corrected chi connectivity index (χ4v) is 6.03. The zero-order chi connectivity index (χ0) is 34.4. The van der Waals surface area contributed by atoms with E-state index in [1.54, 1.807) is 69.1 Å². The Morgan fingerprint density at radius 3 is 2.17 bits per heavy atom. The summed E-state index contributed by atoms with van der Waals surface area (Å²) < 4.78 is 14.9. The first-order chi connectivity index (χ1) is 22.0. The zero-order valence-corrected chi connectivity index (χ0v) is 27.8. The molecule has 47 heavy (non-hydrogen) atoms. The summed E-state index contributed by atoms with van der Waals surface area (Å²) in [7, 11) is 3.28. The number of anilines is 4. The summed E-state index contributed by atoms with van der Waals surface area (Å²) in [6.07, 6.45) is 4.46. The number of carbonyl (C=O) groups is 4. The van der Waals surface area contributed by atoms with Crippen LogP contribution in [0.15, 0.2) is 67.1 Å². The van der Waals surface area contributed by atoms with Crippen molar-refractivity contribution in [3.05, 3.63) is 106 Å². The van der Waals surface area contributed by atoms with E-state index in [-0.39, 0.29) is 29.1 Å². The standard InChI is InChI=1S/C18H18FN3O2.C17H16ClN3O2/c1-10-9-11(7-8-20-10)16(23)21-13-6-5-12-15(14(13)19)22(4)17(24)18(12,2)3;1-17(2)12-5-4-10(8-14(12)21(3)16(17)23)20-15(22)11-6-7-19-9-13(11)18/h5-9H,1-4H3,(H,21,23);4-9H,1-3H3,(H,20,22). The maximum absolute atomic E-state index is 14.9. The van der Waals surface area contributed by atoms with E-state index in [1.807, 2.05) is 19.9 Å². The van der Waals surface area contributed by atoms with Crippen molar-refractivity contribution in [1.29, 1.82) is 0 Å². The van der Waals surface area contributed by atoms with E-state index in [2.05, 4.69) is 20.6 Å². The van der Waals surface area contributed by atoms with E-state index in [4.69, 9.17) is 11.6 Å². The zero-order valence-electron chi connectivity index (χ0n) is 27.0. The lowest BCUT2D eigenvalue weighted by atomic mass is 9.86. The maximum atomic E-state index is 14.9. The highest BCUT2D eigenvalue weighted by Crippen LogP contribution is 2.44. The van der Waals surface area contributed by atoms with E-state index in [9.17, 15) is 23.6 Å². The lowest BCUT2D eigenvalue weighted by molar-refractivity contribution is -0.122. The molecule has 2 aliphatic heterocycles. The van der Waals surface area contributed by atoms with Crippen LogP contribution in [-0.2, 0) is 20.4 Å². The molecular weight excluding hydrogens is 623 g/mol. The minimum atomic E-state index is -0.782. The second kappa shape index (κ2) is 12.2. The molecule has 0 fully saturated rings. The summed E-state index contributed by atoms with van der Waals surface area (Å²) in [6.45, 7) is 9.08. The summed E-state index contributed by atoms with van der Waals surface area (Å²) in [5, 5.41) is 5.66. The largest absolute Gasteiger partial charge is 0.322 e. The van der Waals surface area contributed by atoms with Gasteiger partial charge in [-0.2, -0.15) is 0 Å². The Labute approximate surface area is 277 Å². The highest BCUT2D eigenvalue weighted by atomic mass is 35.5. The van der Waals surface area contributed by atoms with Gasteiger partial charge in [0.2, 0.25) is 11.8 Å². The third kappa shape index (κ3) is 5.94. The highest BCUT2D eigenvalue weighted by molar-refractivity contribution is 6.34. The third-order valence-electron chi connectivity index (χ3n) is 8.52. The van der Waals surface area contributed by atoms with Crippen molar-refractivity contribution in [3.8, 4) is 0 Å². The summed E-state index contributed by atoms with van der Waals surface area (Å²) in [5.74, 6) is -1.49. The molecule has 0 radical (unpaired) electrons. The maximum Gasteiger partial charge on any atom is 0.257 e. The van der Waals surface area contributed by atoms with Crippen molar-refractivity contribution in [2.45, 2.75) is 45.4 Å². The lowest BCUT2D eigenvalue weighted by Crippen LogP contribution is -2.33. The molecule has 0 spiro atoms. The van der Waals surface area contributed by atoms with Gasteiger partial charge in [-0.05, 0) is 82.1 Å². The number of hydrogen-bond acceptors (Lipinski definition) is 6. The van der Waals surface area contributed by atoms with Gasteiger partial charge in [0.15, 0.2) is 5.82 Å². The molecule has 10 nitrogen and oxygen atoms in total. The van der Waals surface area contributed by atoms with Gasteiger partial charge in [0, 0.05) is 55.3 Å². The average molecular weight is 657 g/mol. The number of aryl methyl sites for hydroxylation is 1. The topological polar surface area (TPSA) is 125 Å². The first-order valence-corrected chi connectivity index (χ1v) is 15.1. The molecule has 4 amide bonds. The molecular formula is C35H34ClFN6O4. The molecule has 6 rings (SSSR count). The number of nitrogens with zero attached hydrogens (tertiary/aromatic N) is 4. The molecule has 2 aromatic carbocycles. The highest BCUT2D eigenvalue weighted by Gasteiger charge is 2.44. The van der Waals surface area contributed by atoms with E-state index < -0.39 is 22.6 Å². The van der Waals surface area contributed by atoms with Gasteiger partial charge in [0.1, 0.15) is 0 Å². The predicted octanol–water partition coefficient (Wildman–Crippen LogP) is 6.28. The van der Waals surface area contributed by atoms with Gasteiger partial charge in [-0.3, -0.25) is 29.1 Å². The van der Waals surface area contributed by atoms with Gasteiger partial charge in [0.05, 0.1) is 32.8 Å². The Morgan fingerprint density at radius 2 is 1.49 bits per heavy atom. The van der Waals surface area contributed by atoms with Crippen LogP contribution in [0.25, 0.3) is 0 Å². The summed E-state index contributed by atoms with van der Waals surface area (Å²) in [6, 6.07) is 13.4. The van der Waals surface area contributed by atoms with Crippen molar-refractivity contribution >= 4 is 58.0 Å². The van der Waals surface area contributed by atoms with Gasteiger partial charge in [-0.1, -0.05) is 23.7 Å². The smallest absolute Gasteiger partial charge is 0.257 e. The SMILES string of the molecule is CN1C(=O)C(C)(C)c2ccc(NC(=O)c3ccncc3Cl)cc21.Cc1cc(C(=O)Nc2ccc3c(c2F)N(C)C(=O)C3(C)C)ccn1. The van der Waals surface area contributed by atoms with Crippen LogP contribution in [-0.4, -0.2) is 47.7 Å². The number of fused-ring (bicyclic) bond motifs is 2. The average Bonchev–Trinajstić information content (AvgIpc) is 3.32. The number of aromatic nitrogens is 2. The second-order valence-corrected chi connectivity index (χ2v) is 12.9. The Kier molecular flexibility index (Phi) is 8.63. The second-order valence-electron chi connectivity index (χ2n) is 12.5. The Bertz CT molecular complexity index is 1960. The number of pyridine rings is 2. The van der Waals surface area contributed by atoms with Crippen LogP contribution in [0.1, 0.15) is 65.2 Å². The quantitative estimate of drug-likeness (QED) is 0.267. The molecule has 2 aliphatic rings. The number of carbonyl (C=O) groups excluding carboxylic acids is 4. The van der Waals surface area contributed by atoms with E-state index in [0.717, 1.165) is 11.3 Å². The van der Waals surface area contributed by atoms with Crippen LogP contribution in [0.4, 0.5) is 27.1 Å². The minimum Gasteiger partial charge on any atom is -0.322 e. The molecule has 2 N–H and O–H groups in total. The number of nitrogens with one attached hydrogen (secondary N) is 2. The van der Waals surface area contributed by atoms with Crippen LogP contribution in [0.3, 0.4) is 0 Å². The third-order valence-corrected chi connectivity index (χ3v) is 8.82. The molecule has 242 valence electrons. The first-order valence-electron chi connectivity index (χ1n) is 14.7.